The minimum absolute atomic E-state index is 0.0272. The summed E-state index contributed by atoms with van der Waals surface area (Å²) in [7, 11) is 1.66. The average molecular weight is 346 g/mol. The van der Waals surface area contributed by atoms with E-state index in [0.717, 1.165) is 18.6 Å². The van der Waals surface area contributed by atoms with Crippen LogP contribution in [-0.2, 0) is 19.7 Å². The van der Waals surface area contributed by atoms with E-state index < -0.39 is 0 Å². The van der Waals surface area contributed by atoms with Crippen molar-refractivity contribution in [1.82, 2.24) is 10.6 Å². The number of hydrogen-bond donors (Lipinski definition) is 2. The fourth-order valence-electron chi connectivity index (χ4n) is 3.63. The first-order valence-corrected chi connectivity index (χ1v) is 8.90. The molecule has 1 aromatic rings. The summed E-state index contributed by atoms with van der Waals surface area (Å²) in [5, 5.41) is 5.90. The third-order valence-corrected chi connectivity index (χ3v) is 5.39. The van der Waals surface area contributed by atoms with Gasteiger partial charge in [0.15, 0.2) is 0 Å². The molecule has 0 radical (unpaired) electrons. The Hall–Kier alpha value is -2.08. The van der Waals surface area contributed by atoms with Gasteiger partial charge in [-0.2, -0.15) is 0 Å². The molecule has 25 heavy (non-hydrogen) atoms. The first-order valence-electron chi connectivity index (χ1n) is 8.90. The number of benzene rings is 1. The molecular weight excluding hydrogens is 320 g/mol. The van der Waals surface area contributed by atoms with Crippen molar-refractivity contribution in [2.75, 3.05) is 33.4 Å². The Labute approximate surface area is 148 Å². The molecule has 2 N–H and O–H groups in total. The molecule has 136 valence electrons. The lowest BCUT2D eigenvalue weighted by Gasteiger charge is -2.38. The van der Waals surface area contributed by atoms with Crippen LogP contribution in [0.4, 0.5) is 0 Å². The molecule has 0 bridgehead atoms. The van der Waals surface area contributed by atoms with Gasteiger partial charge in [-0.3, -0.25) is 9.59 Å². The molecule has 2 aliphatic rings. The first-order chi connectivity index (χ1) is 12.1. The summed E-state index contributed by atoms with van der Waals surface area (Å²) in [5.41, 5.74) is 1.09. The van der Waals surface area contributed by atoms with Crippen molar-refractivity contribution >= 4 is 11.8 Å². The van der Waals surface area contributed by atoms with Gasteiger partial charge < -0.3 is 20.1 Å². The van der Waals surface area contributed by atoms with Crippen molar-refractivity contribution in [2.45, 2.75) is 31.1 Å². The number of carbonyl (C=O) groups excluding carboxylic acids is 2. The number of carbonyl (C=O) groups is 2. The number of nitrogens with one attached hydrogen (secondary N) is 2. The van der Waals surface area contributed by atoms with Crippen molar-refractivity contribution in [3.8, 4) is 5.75 Å². The Morgan fingerprint density at radius 2 is 2.04 bits per heavy atom. The van der Waals surface area contributed by atoms with Gasteiger partial charge in [0.2, 0.25) is 11.8 Å². The van der Waals surface area contributed by atoms with Crippen molar-refractivity contribution < 1.29 is 19.1 Å². The summed E-state index contributed by atoms with van der Waals surface area (Å²) >= 11 is 0. The number of piperidine rings is 1. The predicted octanol–water partition coefficient (Wildman–Crippen LogP) is 1.39. The zero-order valence-electron chi connectivity index (χ0n) is 14.7. The van der Waals surface area contributed by atoms with Crippen LogP contribution in [0, 0.1) is 5.92 Å². The normalized spacial score (nSPS) is 22.8. The largest absolute Gasteiger partial charge is 0.497 e. The molecule has 2 heterocycles. The Morgan fingerprint density at radius 3 is 2.64 bits per heavy atom. The zero-order chi connectivity index (χ0) is 17.7. The standard InChI is InChI=1S/C19H26N2O4/c1-24-16-5-3-15(4-6-16)19(8-10-25-11-9-19)13-21-18(23)14-2-7-17(22)20-12-14/h3-6,14H,2,7-13H2,1H3,(H,20,22)(H,21,23)/t14-/m0/s1. The van der Waals surface area contributed by atoms with Gasteiger partial charge in [-0.1, -0.05) is 12.1 Å². The Kier molecular flexibility index (Phi) is 5.58. The van der Waals surface area contributed by atoms with Crippen LogP contribution < -0.4 is 15.4 Å². The maximum atomic E-state index is 12.5. The summed E-state index contributed by atoms with van der Waals surface area (Å²) in [4.78, 5) is 23.8. The van der Waals surface area contributed by atoms with Crippen molar-refractivity contribution in [3.63, 3.8) is 0 Å². The van der Waals surface area contributed by atoms with Crippen LogP contribution in [0.1, 0.15) is 31.2 Å². The number of ether oxygens (including phenoxy) is 2. The van der Waals surface area contributed by atoms with Crippen LogP contribution in [0.15, 0.2) is 24.3 Å². The lowest BCUT2D eigenvalue weighted by Crippen LogP contribution is -2.48. The van der Waals surface area contributed by atoms with Gasteiger partial charge in [0, 0.05) is 38.1 Å². The van der Waals surface area contributed by atoms with Gasteiger partial charge >= 0.3 is 0 Å². The van der Waals surface area contributed by atoms with Crippen molar-refractivity contribution in [2.24, 2.45) is 5.92 Å². The fourth-order valence-corrected chi connectivity index (χ4v) is 3.63. The zero-order valence-corrected chi connectivity index (χ0v) is 14.7. The van der Waals surface area contributed by atoms with Gasteiger partial charge in [0.1, 0.15) is 5.75 Å². The third-order valence-electron chi connectivity index (χ3n) is 5.39. The lowest BCUT2D eigenvalue weighted by molar-refractivity contribution is -0.129. The van der Waals surface area contributed by atoms with Gasteiger partial charge in [-0.25, -0.2) is 0 Å². The topological polar surface area (TPSA) is 76.7 Å². The highest BCUT2D eigenvalue weighted by molar-refractivity contribution is 5.83. The third kappa shape index (κ3) is 4.12. The molecule has 0 spiro atoms. The molecule has 2 amide bonds. The molecule has 2 fully saturated rings. The van der Waals surface area contributed by atoms with Gasteiger partial charge in [0.25, 0.3) is 0 Å². The quantitative estimate of drug-likeness (QED) is 0.845. The number of hydrogen-bond acceptors (Lipinski definition) is 4. The molecule has 6 heteroatoms. The minimum atomic E-state index is -0.134. The Morgan fingerprint density at radius 1 is 1.32 bits per heavy atom. The van der Waals surface area contributed by atoms with Crippen LogP contribution in [0.2, 0.25) is 0 Å². The molecule has 0 unspecified atom stereocenters. The minimum Gasteiger partial charge on any atom is -0.497 e. The summed E-state index contributed by atoms with van der Waals surface area (Å²) < 4.78 is 10.8. The van der Waals surface area contributed by atoms with E-state index in [1.165, 1.54) is 5.56 Å². The second-order valence-corrected chi connectivity index (χ2v) is 6.88. The van der Waals surface area contributed by atoms with Gasteiger partial charge in [-0.15, -0.1) is 0 Å². The Balaban J connectivity index is 1.68. The predicted molar refractivity (Wildman–Crippen MR) is 93.5 cm³/mol. The van der Waals surface area contributed by atoms with Crippen molar-refractivity contribution in [3.05, 3.63) is 29.8 Å². The van der Waals surface area contributed by atoms with Crippen LogP contribution in [-0.4, -0.2) is 45.2 Å². The highest BCUT2D eigenvalue weighted by Crippen LogP contribution is 2.35. The summed E-state index contributed by atoms with van der Waals surface area (Å²) in [5.74, 6) is 0.751. The molecule has 2 saturated heterocycles. The van der Waals surface area contributed by atoms with E-state index in [0.29, 0.717) is 39.1 Å². The van der Waals surface area contributed by atoms with Gasteiger partial charge in [0.05, 0.1) is 13.0 Å². The van der Waals surface area contributed by atoms with E-state index in [9.17, 15) is 9.59 Å². The molecule has 0 saturated carbocycles. The second kappa shape index (κ2) is 7.87. The molecule has 6 nitrogen and oxygen atoms in total. The van der Waals surface area contributed by atoms with E-state index in [4.69, 9.17) is 9.47 Å². The fraction of sp³-hybridized carbons (Fsp3) is 0.579. The van der Waals surface area contributed by atoms with E-state index >= 15 is 0 Å². The summed E-state index contributed by atoms with van der Waals surface area (Å²) in [6.45, 7) is 2.41. The van der Waals surface area contributed by atoms with Crippen LogP contribution in [0.5, 0.6) is 5.75 Å². The van der Waals surface area contributed by atoms with E-state index in [1.807, 2.05) is 12.1 Å². The molecule has 2 aliphatic heterocycles. The smallest absolute Gasteiger partial charge is 0.224 e. The highest BCUT2D eigenvalue weighted by atomic mass is 16.5. The SMILES string of the molecule is COc1ccc(C2(CNC(=O)[C@H]3CCC(=O)NC3)CCOCC2)cc1. The molecule has 0 aromatic heterocycles. The number of amides is 2. The highest BCUT2D eigenvalue weighted by Gasteiger charge is 2.36. The van der Waals surface area contributed by atoms with Gasteiger partial charge in [-0.05, 0) is 37.0 Å². The first kappa shape index (κ1) is 17.7. The van der Waals surface area contributed by atoms with Crippen LogP contribution >= 0.6 is 0 Å². The summed E-state index contributed by atoms with van der Waals surface area (Å²) in [6, 6.07) is 8.09. The average Bonchev–Trinajstić information content (AvgIpc) is 2.67. The molecule has 1 aromatic carbocycles. The van der Waals surface area contributed by atoms with E-state index in [1.54, 1.807) is 7.11 Å². The molecule has 3 rings (SSSR count). The molecular formula is C19H26N2O4. The van der Waals surface area contributed by atoms with Crippen LogP contribution in [0.25, 0.3) is 0 Å². The second-order valence-electron chi connectivity index (χ2n) is 6.88. The lowest BCUT2D eigenvalue weighted by atomic mass is 9.74. The molecule has 1 atom stereocenters. The van der Waals surface area contributed by atoms with Crippen molar-refractivity contribution in [1.29, 1.82) is 0 Å². The maximum absolute atomic E-state index is 12.5. The Bertz CT molecular complexity index is 598. The number of methoxy groups -OCH3 is 1. The number of rotatable bonds is 5. The summed E-state index contributed by atoms with van der Waals surface area (Å²) in [6.07, 6.45) is 2.80. The van der Waals surface area contributed by atoms with E-state index in [-0.39, 0.29) is 23.1 Å². The monoisotopic (exact) mass is 346 g/mol. The maximum Gasteiger partial charge on any atom is 0.224 e. The van der Waals surface area contributed by atoms with E-state index in [2.05, 4.69) is 22.8 Å². The molecule has 0 aliphatic carbocycles. The van der Waals surface area contributed by atoms with Crippen LogP contribution in [0.3, 0.4) is 0 Å².